The largest absolute Gasteiger partial charge is 0.488 e. The van der Waals surface area contributed by atoms with Gasteiger partial charge in [-0.3, -0.25) is 9.59 Å². The molecule has 28 heavy (non-hydrogen) atoms. The van der Waals surface area contributed by atoms with E-state index in [0.717, 1.165) is 9.13 Å². The minimum atomic E-state index is -1.26. The Hall–Kier alpha value is -2.40. The number of carbonyl (C=O) groups excluding carboxylic acids is 2. The van der Waals surface area contributed by atoms with E-state index in [0.29, 0.717) is 27.3 Å². The molecule has 0 saturated carbocycles. The van der Waals surface area contributed by atoms with Crippen LogP contribution in [0.4, 0.5) is 4.79 Å². The molecule has 1 aliphatic rings. The molecule has 3 rings (SSSR count). The molecule has 0 unspecified atom stereocenters. The van der Waals surface area contributed by atoms with Gasteiger partial charge in [0.1, 0.15) is 24.6 Å². The number of aliphatic carboxylic acids is 1. The average molecular weight is 557 g/mol. The fraction of sp³-hybridized carbons (Fsp3) is 0.105. The van der Waals surface area contributed by atoms with Gasteiger partial charge in [-0.05, 0) is 80.0 Å². The number of nitrogens with zero attached hydrogens (tertiary/aromatic N) is 1. The van der Waals surface area contributed by atoms with Gasteiger partial charge in [0.2, 0.25) is 0 Å². The van der Waals surface area contributed by atoms with E-state index in [1.807, 2.05) is 24.3 Å². The maximum atomic E-state index is 12.2. The molecule has 0 spiro atoms. The van der Waals surface area contributed by atoms with Gasteiger partial charge in [0, 0.05) is 3.57 Å². The maximum Gasteiger partial charge on any atom is 0.329 e. The molecule has 1 heterocycles. The standard InChI is InChI=1S/C19H14BrIN2O5/c20-14-7-12(8-15-18(26)23(9-17(24)25)19(27)22-15)3-6-16(14)28-10-11-1-4-13(21)5-2-11/h1-8H,9-10H2,(H,22,27)(H,24,25)/b15-8+. The van der Waals surface area contributed by atoms with Crippen molar-refractivity contribution in [3.05, 3.63) is 67.3 Å². The zero-order valence-corrected chi connectivity index (χ0v) is 18.1. The number of carboxylic acid groups (broad SMARTS) is 1. The van der Waals surface area contributed by atoms with Crippen molar-refractivity contribution in [3.8, 4) is 5.75 Å². The number of amides is 3. The van der Waals surface area contributed by atoms with Crippen LogP contribution in [0.25, 0.3) is 6.08 Å². The molecule has 0 aromatic heterocycles. The van der Waals surface area contributed by atoms with Crippen molar-refractivity contribution >= 4 is 62.5 Å². The molecule has 3 amide bonds. The molecule has 1 saturated heterocycles. The second kappa shape index (κ2) is 8.74. The lowest BCUT2D eigenvalue weighted by atomic mass is 10.2. The topological polar surface area (TPSA) is 95.9 Å². The number of hydrogen-bond acceptors (Lipinski definition) is 4. The van der Waals surface area contributed by atoms with Crippen molar-refractivity contribution in [1.29, 1.82) is 0 Å². The monoisotopic (exact) mass is 556 g/mol. The molecule has 7 nitrogen and oxygen atoms in total. The predicted molar refractivity (Wildman–Crippen MR) is 113 cm³/mol. The van der Waals surface area contributed by atoms with E-state index in [2.05, 4.69) is 43.8 Å². The van der Waals surface area contributed by atoms with Crippen molar-refractivity contribution in [2.75, 3.05) is 6.54 Å². The first kappa shape index (κ1) is 20.3. The van der Waals surface area contributed by atoms with E-state index < -0.39 is 24.5 Å². The Kier molecular flexibility index (Phi) is 6.35. The molecule has 144 valence electrons. The maximum absolute atomic E-state index is 12.2. The number of ether oxygens (including phenoxy) is 1. The number of halogens is 2. The van der Waals surface area contributed by atoms with Crippen LogP contribution < -0.4 is 10.1 Å². The molecule has 0 aliphatic carbocycles. The van der Waals surface area contributed by atoms with Gasteiger partial charge in [-0.15, -0.1) is 0 Å². The van der Waals surface area contributed by atoms with Crippen molar-refractivity contribution in [2.24, 2.45) is 0 Å². The lowest BCUT2D eigenvalue weighted by Gasteiger charge is -2.09. The molecule has 2 aromatic carbocycles. The molecule has 2 aromatic rings. The van der Waals surface area contributed by atoms with Gasteiger partial charge < -0.3 is 15.2 Å². The van der Waals surface area contributed by atoms with Crippen LogP contribution in [0, 0.1) is 3.57 Å². The van der Waals surface area contributed by atoms with Crippen molar-refractivity contribution in [1.82, 2.24) is 10.2 Å². The first-order valence-corrected chi connectivity index (χ1v) is 9.94. The normalized spacial score (nSPS) is 15.1. The number of imide groups is 1. The smallest absolute Gasteiger partial charge is 0.329 e. The van der Waals surface area contributed by atoms with Gasteiger partial charge in [0.15, 0.2) is 0 Å². The first-order chi connectivity index (χ1) is 13.3. The second-order valence-electron chi connectivity index (χ2n) is 5.88. The van der Waals surface area contributed by atoms with E-state index >= 15 is 0 Å². The molecule has 0 bridgehead atoms. The molecule has 1 fully saturated rings. The summed E-state index contributed by atoms with van der Waals surface area (Å²) in [7, 11) is 0. The van der Waals surface area contributed by atoms with Crippen LogP contribution >= 0.6 is 38.5 Å². The van der Waals surface area contributed by atoms with E-state index in [-0.39, 0.29) is 5.70 Å². The quantitative estimate of drug-likeness (QED) is 0.322. The van der Waals surface area contributed by atoms with Gasteiger partial charge in [-0.25, -0.2) is 9.69 Å². The van der Waals surface area contributed by atoms with Gasteiger partial charge in [0.25, 0.3) is 5.91 Å². The highest BCUT2D eigenvalue weighted by atomic mass is 127. The number of nitrogens with one attached hydrogen (secondary N) is 1. The van der Waals surface area contributed by atoms with E-state index in [1.165, 1.54) is 6.08 Å². The van der Waals surface area contributed by atoms with Gasteiger partial charge in [-0.1, -0.05) is 18.2 Å². The van der Waals surface area contributed by atoms with Gasteiger partial charge in [-0.2, -0.15) is 0 Å². The highest BCUT2D eigenvalue weighted by Crippen LogP contribution is 2.28. The lowest BCUT2D eigenvalue weighted by Crippen LogP contribution is -2.35. The molecular formula is C19H14BrIN2O5. The Morgan fingerprint density at radius 1 is 1.21 bits per heavy atom. The van der Waals surface area contributed by atoms with Crippen molar-refractivity contribution in [3.63, 3.8) is 0 Å². The number of carboxylic acids is 1. The summed E-state index contributed by atoms with van der Waals surface area (Å²) in [6.45, 7) is -0.272. The Morgan fingerprint density at radius 3 is 2.57 bits per heavy atom. The van der Waals surface area contributed by atoms with Crippen LogP contribution in [0.15, 0.2) is 52.6 Å². The highest BCUT2D eigenvalue weighted by Gasteiger charge is 2.34. The second-order valence-corrected chi connectivity index (χ2v) is 7.98. The number of hydrogen-bond donors (Lipinski definition) is 2. The molecule has 9 heteroatoms. The summed E-state index contributed by atoms with van der Waals surface area (Å²) in [4.78, 5) is 35.3. The van der Waals surface area contributed by atoms with E-state index in [9.17, 15) is 14.4 Å². The summed E-state index contributed by atoms with van der Waals surface area (Å²) >= 11 is 5.68. The summed E-state index contributed by atoms with van der Waals surface area (Å²) in [5.41, 5.74) is 1.70. The number of rotatable bonds is 6. The number of urea groups is 1. The summed E-state index contributed by atoms with van der Waals surface area (Å²) in [5.74, 6) is -1.31. The molecule has 2 N–H and O–H groups in total. The highest BCUT2D eigenvalue weighted by molar-refractivity contribution is 14.1. The van der Waals surface area contributed by atoms with Gasteiger partial charge >= 0.3 is 12.0 Å². The number of benzene rings is 2. The Labute approximate surface area is 182 Å². The van der Waals surface area contributed by atoms with E-state index in [1.54, 1.807) is 18.2 Å². The molecule has 0 atom stereocenters. The fourth-order valence-corrected chi connectivity index (χ4v) is 3.35. The third-order valence-electron chi connectivity index (χ3n) is 3.83. The Bertz CT molecular complexity index is 975. The molecule has 0 radical (unpaired) electrons. The number of carbonyl (C=O) groups is 3. The third-order valence-corrected chi connectivity index (χ3v) is 5.17. The van der Waals surface area contributed by atoms with Crippen LogP contribution in [0.3, 0.4) is 0 Å². The summed E-state index contributed by atoms with van der Waals surface area (Å²) in [5, 5.41) is 11.2. The molecule has 1 aliphatic heterocycles. The van der Waals surface area contributed by atoms with Crippen LogP contribution in [0.5, 0.6) is 5.75 Å². The zero-order valence-electron chi connectivity index (χ0n) is 14.3. The Morgan fingerprint density at radius 2 is 1.93 bits per heavy atom. The summed E-state index contributed by atoms with van der Waals surface area (Å²) in [6, 6.07) is 12.5. The van der Waals surface area contributed by atoms with E-state index in [4.69, 9.17) is 9.84 Å². The molecular weight excluding hydrogens is 543 g/mol. The fourth-order valence-electron chi connectivity index (χ4n) is 2.48. The van der Waals surface area contributed by atoms with Crippen molar-refractivity contribution in [2.45, 2.75) is 6.61 Å². The SMILES string of the molecule is O=C(O)CN1C(=O)N/C(=C/c2ccc(OCc3ccc(I)cc3)c(Br)c2)C1=O. The van der Waals surface area contributed by atoms with Crippen LogP contribution in [-0.2, 0) is 16.2 Å². The minimum Gasteiger partial charge on any atom is -0.488 e. The zero-order chi connectivity index (χ0) is 20.3. The average Bonchev–Trinajstić information content (AvgIpc) is 2.89. The van der Waals surface area contributed by atoms with Crippen LogP contribution in [-0.4, -0.2) is 34.5 Å². The minimum absolute atomic E-state index is 0.0192. The predicted octanol–water partition coefficient (Wildman–Crippen LogP) is 3.61. The first-order valence-electron chi connectivity index (χ1n) is 8.06. The lowest BCUT2D eigenvalue weighted by molar-refractivity contribution is -0.140. The Balaban J connectivity index is 1.71. The summed E-state index contributed by atoms with van der Waals surface area (Å²) < 4.78 is 7.64. The van der Waals surface area contributed by atoms with Crippen molar-refractivity contribution < 1.29 is 24.2 Å². The van der Waals surface area contributed by atoms with Gasteiger partial charge in [0.05, 0.1) is 4.47 Å². The summed E-state index contributed by atoms with van der Waals surface area (Å²) in [6.07, 6.45) is 1.48. The third kappa shape index (κ3) is 4.90. The van der Waals surface area contributed by atoms with Crippen LogP contribution in [0.2, 0.25) is 0 Å². The van der Waals surface area contributed by atoms with Crippen LogP contribution in [0.1, 0.15) is 11.1 Å².